The van der Waals surface area contributed by atoms with Gasteiger partial charge in [0.2, 0.25) is 0 Å². The lowest BCUT2D eigenvalue weighted by molar-refractivity contribution is -0.140. The van der Waals surface area contributed by atoms with E-state index in [-0.39, 0.29) is 6.04 Å². The van der Waals surface area contributed by atoms with Crippen LogP contribution in [0.25, 0.3) is 0 Å². The molecule has 1 aliphatic rings. The highest BCUT2D eigenvalue weighted by Crippen LogP contribution is 2.23. The maximum atomic E-state index is 11.8. The Morgan fingerprint density at radius 2 is 1.84 bits per heavy atom. The van der Waals surface area contributed by atoms with Crippen LogP contribution in [0.15, 0.2) is 0 Å². The third-order valence-electron chi connectivity index (χ3n) is 3.70. The summed E-state index contributed by atoms with van der Waals surface area (Å²) in [6.07, 6.45) is 5.34. The standard InChI is InChI=1S/C14H27N3O2/c1-11-7-4-5-8-12(11)16-14(19)13(18)15-9-6-10-17(2)3/h11-12H,4-10H2,1-3H3,(H,15,18)(H,16,19)/t11-,12+/m1/s1. The van der Waals surface area contributed by atoms with Crippen molar-refractivity contribution in [3.8, 4) is 0 Å². The van der Waals surface area contributed by atoms with Crippen LogP contribution in [0.5, 0.6) is 0 Å². The zero-order valence-electron chi connectivity index (χ0n) is 12.4. The monoisotopic (exact) mass is 269 g/mol. The molecule has 0 aliphatic heterocycles. The number of nitrogens with one attached hydrogen (secondary N) is 2. The summed E-state index contributed by atoms with van der Waals surface area (Å²) in [5, 5.41) is 5.52. The third-order valence-corrected chi connectivity index (χ3v) is 3.70. The summed E-state index contributed by atoms with van der Waals surface area (Å²) in [5.41, 5.74) is 0. The van der Waals surface area contributed by atoms with Crippen molar-refractivity contribution in [2.24, 2.45) is 5.92 Å². The highest BCUT2D eigenvalue weighted by Gasteiger charge is 2.25. The minimum atomic E-state index is -0.503. The summed E-state index contributed by atoms with van der Waals surface area (Å²) < 4.78 is 0. The van der Waals surface area contributed by atoms with Crippen LogP contribution in [0.4, 0.5) is 0 Å². The molecule has 0 spiro atoms. The van der Waals surface area contributed by atoms with Gasteiger partial charge in [-0.15, -0.1) is 0 Å². The number of amides is 2. The van der Waals surface area contributed by atoms with E-state index in [1.807, 2.05) is 14.1 Å². The molecule has 2 amide bonds. The van der Waals surface area contributed by atoms with Gasteiger partial charge in [-0.3, -0.25) is 9.59 Å². The average molecular weight is 269 g/mol. The zero-order chi connectivity index (χ0) is 14.3. The van der Waals surface area contributed by atoms with Gasteiger partial charge in [0.05, 0.1) is 0 Å². The minimum Gasteiger partial charge on any atom is -0.348 e. The van der Waals surface area contributed by atoms with E-state index in [9.17, 15) is 9.59 Å². The third kappa shape index (κ3) is 6.05. The molecule has 1 saturated carbocycles. The lowest BCUT2D eigenvalue weighted by atomic mass is 9.86. The number of rotatable bonds is 5. The average Bonchev–Trinajstić information content (AvgIpc) is 2.36. The Labute approximate surface area is 116 Å². The van der Waals surface area contributed by atoms with Crippen LogP contribution >= 0.6 is 0 Å². The fraction of sp³-hybridized carbons (Fsp3) is 0.857. The van der Waals surface area contributed by atoms with Crippen LogP contribution in [-0.4, -0.2) is 49.9 Å². The van der Waals surface area contributed by atoms with Gasteiger partial charge in [-0.1, -0.05) is 19.8 Å². The summed E-state index contributed by atoms with van der Waals surface area (Å²) in [7, 11) is 3.97. The van der Waals surface area contributed by atoms with Crippen molar-refractivity contribution in [2.75, 3.05) is 27.2 Å². The fourth-order valence-electron chi connectivity index (χ4n) is 2.44. The van der Waals surface area contributed by atoms with Gasteiger partial charge in [0.25, 0.3) is 0 Å². The Kier molecular flexibility index (Phi) is 6.84. The predicted molar refractivity (Wildman–Crippen MR) is 75.7 cm³/mol. The van der Waals surface area contributed by atoms with E-state index >= 15 is 0 Å². The minimum absolute atomic E-state index is 0.161. The van der Waals surface area contributed by atoms with Gasteiger partial charge in [0.15, 0.2) is 0 Å². The van der Waals surface area contributed by atoms with E-state index < -0.39 is 11.8 Å². The van der Waals surface area contributed by atoms with E-state index in [4.69, 9.17) is 0 Å². The van der Waals surface area contributed by atoms with E-state index in [0.717, 1.165) is 32.2 Å². The highest BCUT2D eigenvalue weighted by molar-refractivity contribution is 6.35. The quantitative estimate of drug-likeness (QED) is 0.572. The van der Waals surface area contributed by atoms with Crippen molar-refractivity contribution in [3.05, 3.63) is 0 Å². The van der Waals surface area contributed by atoms with Crippen LogP contribution < -0.4 is 10.6 Å². The summed E-state index contributed by atoms with van der Waals surface area (Å²) in [5.74, 6) is -0.514. The first-order chi connectivity index (χ1) is 9.00. The molecule has 0 aromatic heterocycles. The van der Waals surface area contributed by atoms with Crippen molar-refractivity contribution in [3.63, 3.8) is 0 Å². The Bertz CT molecular complexity index is 305. The van der Waals surface area contributed by atoms with Crippen molar-refractivity contribution in [1.29, 1.82) is 0 Å². The van der Waals surface area contributed by atoms with Crippen LogP contribution in [0.3, 0.4) is 0 Å². The lowest BCUT2D eigenvalue weighted by Gasteiger charge is -2.29. The SMILES string of the molecule is C[C@@H]1CCCC[C@@H]1NC(=O)C(=O)NCCCN(C)C. The van der Waals surface area contributed by atoms with Crippen LogP contribution in [0, 0.1) is 5.92 Å². The molecular formula is C14H27N3O2. The summed E-state index contributed by atoms with van der Waals surface area (Å²) in [6, 6.07) is 0.161. The molecule has 2 atom stereocenters. The smallest absolute Gasteiger partial charge is 0.309 e. The Morgan fingerprint density at radius 1 is 1.16 bits per heavy atom. The Morgan fingerprint density at radius 3 is 2.47 bits per heavy atom. The lowest BCUT2D eigenvalue weighted by Crippen LogP contribution is -2.48. The molecule has 0 radical (unpaired) electrons. The molecule has 1 aliphatic carbocycles. The van der Waals surface area contributed by atoms with Crippen molar-refractivity contribution in [2.45, 2.75) is 45.1 Å². The van der Waals surface area contributed by atoms with Crippen LogP contribution in [0.2, 0.25) is 0 Å². The van der Waals surface area contributed by atoms with Crippen LogP contribution in [-0.2, 0) is 9.59 Å². The van der Waals surface area contributed by atoms with Crippen molar-refractivity contribution < 1.29 is 9.59 Å². The number of hydrogen-bond acceptors (Lipinski definition) is 3. The van der Waals surface area contributed by atoms with Crippen LogP contribution in [0.1, 0.15) is 39.0 Å². The fourth-order valence-corrected chi connectivity index (χ4v) is 2.44. The Balaban J connectivity index is 2.22. The van der Waals surface area contributed by atoms with E-state index in [2.05, 4.69) is 22.5 Å². The topological polar surface area (TPSA) is 61.4 Å². The molecule has 0 unspecified atom stereocenters. The van der Waals surface area contributed by atoms with Gasteiger partial charge >= 0.3 is 11.8 Å². The molecule has 5 heteroatoms. The van der Waals surface area contributed by atoms with Crippen molar-refractivity contribution in [1.82, 2.24) is 15.5 Å². The second kappa shape index (κ2) is 8.15. The second-order valence-corrected chi connectivity index (χ2v) is 5.75. The summed E-state index contributed by atoms with van der Waals surface area (Å²) >= 11 is 0. The zero-order valence-corrected chi connectivity index (χ0v) is 12.4. The molecule has 0 aromatic rings. The molecule has 2 N–H and O–H groups in total. The van der Waals surface area contributed by atoms with Gasteiger partial charge in [-0.05, 0) is 45.8 Å². The first-order valence-electron chi connectivity index (χ1n) is 7.24. The summed E-state index contributed by atoms with van der Waals surface area (Å²) in [6.45, 7) is 3.59. The normalized spacial score (nSPS) is 23.2. The molecule has 0 heterocycles. The maximum Gasteiger partial charge on any atom is 0.309 e. The van der Waals surface area contributed by atoms with Gasteiger partial charge in [0, 0.05) is 12.6 Å². The molecule has 110 valence electrons. The molecule has 1 rings (SSSR count). The molecular weight excluding hydrogens is 242 g/mol. The van der Waals surface area contributed by atoms with Gasteiger partial charge in [-0.2, -0.15) is 0 Å². The van der Waals surface area contributed by atoms with E-state index in [1.165, 1.54) is 6.42 Å². The Hall–Kier alpha value is -1.10. The van der Waals surface area contributed by atoms with Gasteiger partial charge in [0.1, 0.15) is 0 Å². The molecule has 0 saturated heterocycles. The molecule has 1 fully saturated rings. The molecule has 0 bridgehead atoms. The highest BCUT2D eigenvalue weighted by atomic mass is 16.2. The summed E-state index contributed by atoms with van der Waals surface area (Å²) in [4.78, 5) is 25.4. The van der Waals surface area contributed by atoms with E-state index in [0.29, 0.717) is 12.5 Å². The van der Waals surface area contributed by atoms with Crippen molar-refractivity contribution >= 4 is 11.8 Å². The maximum absolute atomic E-state index is 11.8. The molecule has 0 aromatic carbocycles. The number of hydrogen-bond donors (Lipinski definition) is 2. The van der Waals surface area contributed by atoms with Gasteiger partial charge < -0.3 is 15.5 Å². The first-order valence-corrected chi connectivity index (χ1v) is 7.24. The second-order valence-electron chi connectivity index (χ2n) is 5.75. The van der Waals surface area contributed by atoms with E-state index in [1.54, 1.807) is 0 Å². The predicted octanol–water partition coefficient (Wildman–Crippen LogP) is 0.749. The number of nitrogens with zero attached hydrogens (tertiary/aromatic N) is 1. The number of carbonyl (C=O) groups is 2. The van der Waals surface area contributed by atoms with Gasteiger partial charge in [-0.25, -0.2) is 0 Å². The number of carbonyl (C=O) groups excluding carboxylic acids is 2. The molecule has 5 nitrogen and oxygen atoms in total. The largest absolute Gasteiger partial charge is 0.348 e. The first kappa shape index (κ1) is 16.0. The molecule has 19 heavy (non-hydrogen) atoms.